The second-order valence-electron chi connectivity index (χ2n) is 3.91. The van der Waals surface area contributed by atoms with Crippen LogP contribution in [0.3, 0.4) is 0 Å². The first kappa shape index (κ1) is 10.3. The molecule has 0 amide bonds. The summed E-state index contributed by atoms with van der Waals surface area (Å²) in [5, 5.41) is 12.5. The molecule has 0 bridgehead atoms. The number of aryl methyl sites for hydroxylation is 1. The minimum Gasteiger partial charge on any atom is -0.379 e. The third kappa shape index (κ3) is 2.01. The highest BCUT2D eigenvalue weighted by Crippen LogP contribution is 2.20. The predicted octanol–water partition coefficient (Wildman–Crippen LogP) is 2.94. The van der Waals surface area contributed by atoms with Gasteiger partial charge in [0.2, 0.25) is 0 Å². The maximum Gasteiger partial charge on any atom is 0.110 e. The summed E-state index contributed by atoms with van der Waals surface area (Å²) in [5.41, 5.74) is 4.18. The minimum absolute atomic E-state index is 0.822. The van der Waals surface area contributed by atoms with E-state index in [-0.39, 0.29) is 0 Å². The van der Waals surface area contributed by atoms with Crippen LogP contribution in [0.5, 0.6) is 0 Å². The van der Waals surface area contributed by atoms with E-state index in [1.165, 1.54) is 10.4 Å². The number of aromatic nitrogens is 3. The summed E-state index contributed by atoms with van der Waals surface area (Å²) in [4.78, 5) is 5.57. The number of fused-ring (bicyclic) bond motifs is 1. The van der Waals surface area contributed by atoms with Crippen LogP contribution in [-0.2, 0) is 6.54 Å². The van der Waals surface area contributed by atoms with Crippen LogP contribution < -0.4 is 5.32 Å². The van der Waals surface area contributed by atoms with Crippen molar-refractivity contribution in [3.63, 3.8) is 0 Å². The van der Waals surface area contributed by atoms with E-state index in [1.807, 2.05) is 6.07 Å². The van der Waals surface area contributed by atoms with E-state index in [1.54, 1.807) is 23.7 Å². The average molecular weight is 244 g/mol. The molecular weight excluding hydrogens is 232 g/mol. The zero-order chi connectivity index (χ0) is 11.7. The van der Waals surface area contributed by atoms with E-state index >= 15 is 0 Å². The van der Waals surface area contributed by atoms with E-state index in [2.05, 4.69) is 38.9 Å². The zero-order valence-corrected chi connectivity index (χ0v) is 10.2. The van der Waals surface area contributed by atoms with Crippen molar-refractivity contribution < 1.29 is 0 Å². The fraction of sp³-hybridized carbons (Fsp3) is 0.167. The van der Waals surface area contributed by atoms with Gasteiger partial charge in [-0.1, -0.05) is 0 Å². The second kappa shape index (κ2) is 4.18. The van der Waals surface area contributed by atoms with Crippen LogP contribution in [0.15, 0.2) is 29.9 Å². The smallest absolute Gasteiger partial charge is 0.110 e. The molecule has 0 spiro atoms. The maximum atomic E-state index is 4.23. The van der Waals surface area contributed by atoms with E-state index in [0.29, 0.717) is 0 Å². The molecule has 5 heteroatoms. The number of nitrogens with one attached hydrogen (secondary N) is 2. The molecule has 0 aromatic carbocycles. The predicted molar refractivity (Wildman–Crippen MR) is 70.3 cm³/mol. The van der Waals surface area contributed by atoms with Gasteiger partial charge in [-0.3, -0.25) is 10.1 Å². The van der Waals surface area contributed by atoms with Crippen molar-refractivity contribution in [2.24, 2.45) is 0 Å². The van der Waals surface area contributed by atoms with E-state index < -0.39 is 0 Å². The van der Waals surface area contributed by atoms with Crippen LogP contribution in [-0.4, -0.2) is 15.2 Å². The molecule has 3 aromatic rings. The molecule has 3 rings (SSSR count). The zero-order valence-electron chi connectivity index (χ0n) is 9.40. The molecule has 0 aliphatic carbocycles. The van der Waals surface area contributed by atoms with Gasteiger partial charge >= 0.3 is 0 Å². The Kier molecular flexibility index (Phi) is 2.53. The molecule has 0 atom stereocenters. The number of hydrogen-bond donors (Lipinski definition) is 2. The molecule has 0 fully saturated rings. The largest absolute Gasteiger partial charge is 0.379 e. The van der Waals surface area contributed by atoms with Gasteiger partial charge in [0.15, 0.2) is 0 Å². The Morgan fingerprint density at radius 3 is 3.24 bits per heavy atom. The van der Waals surface area contributed by atoms with Crippen molar-refractivity contribution in [1.29, 1.82) is 0 Å². The summed E-state index contributed by atoms with van der Waals surface area (Å²) in [5.74, 6) is 0. The van der Waals surface area contributed by atoms with Gasteiger partial charge in [0.25, 0.3) is 0 Å². The lowest BCUT2D eigenvalue weighted by atomic mass is 10.3. The van der Waals surface area contributed by atoms with Gasteiger partial charge in [-0.05, 0) is 30.0 Å². The summed E-state index contributed by atoms with van der Waals surface area (Å²) in [6.07, 6.45) is 3.52. The first-order valence-corrected chi connectivity index (χ1v) is 6.27. The molecule has 0 aliphatic heterocycles. The number of aromatic amines is 1. The number of pyridine rings is 1. The molecule has 0 saturated carbocycles. The molecule has 86 valence electrons. The molecule has 3 aromatic heterocycles. The van der Waals surface area contributed by atoms with Crippen LogP contribution in [0, 0.1) is 6.92 Å². The lowest BCUT2D eigenvalue weighted by Crippen LogP contribution is -1.99. The first-order valence-electron chi connectivity index (χ1n) is 5.39. The molecule has 3 heterocycles. The van der Waals surface area contributed by atoms with Gasteiger partial charge in [0.05, 0.1) is 11.9 Å². The van der Waals surface area contributed by atoms with Gasteiger partial charge in [0, 0.05) is 17.6 Å². The summed E-state index contributed by atoms with van der Waals surface area (Å²) < 4.78 is 0. The molecule has 0 saturated heterocycles. The molecule has 4 nitrogen and oxygen atoms in total. The molecule has 0 unspecified atom stereocenters. The summed E-state index contributed by atoms with van der Waals surface area (Å²) in [7, 11) is 0. The quantitative estimate of drug-likeness (QED) is 0.744. The monoisotopic (exact) mass is 244 g/mol. The van der Waals surface area contributed by atoms with Crippen LogP contribution in [0.4, 0.5) is 5.69 Å². The average Bonchev–Trinajstić information content (AvgIpc) is 2.94. The van der Waals surface area contributed by atoms with Crippen LogP contribution in [0.25, 0.3) is 11.0 Å². The van der Waals surface area contributed by atoms with Gasteiger partial charge in [-0.25, -0.2) is 0 Å². The Morgan fingerprint density at radius 2 is 2.41 bits per heavy atom. The lowest BCUT2D eigenvalue weighted by Gasteiger charge is -2.05. The normalized spacial score (nSPS) is 10.9. The molecular formula is C12H12N4S. The van der Waals surface area contributed by atoms with Crippen molar-refractivity contribution in [1.82, 2.24) is 15.2 Å². The SMILES string of the molecule is Cc1cc(CNc2ccnc3cn[nH]c23)cs1. The Morgan fingerprint density at radius 1 is 1.47 bits per heavy atom. The Labute approximate surface area is 103 Å². The Hall–Kier alpha value is -1.88. The van der Waals surface area contributed by atoms with E-state index in [9.17, 15) is 0 Å². The highest BCUT2D eigenvalue weighted by molar-refractivity contribution is 7.10. The highest BCUT2D eigenvalue weighted by Gasteiger charge is 2.03. The number of hydrogen-bond acceptors (Lipinski definition) is 4. The van der Waals surface area contributed by atoms with Gasteiger partial charge in [0.1, 0.15) is 11.0 Å². The Bertz CT molecular complexity index is 641. The van der Waals surface area contributed by atoms with Crippen LogP contribution >= 0.6 is 11.3 Å². The number of H-pyrrole nitrogens is 1. The standard InChI is InChI=1S/C12H12N4S/c1-8-4-9(7-17-8)5-14-10-2-3-13-11-6-15-16-12(10)11/h2-4,6-7H,5H2,1H3,(H,13,14)(H,15,16). The topological polar surface area (TPSA) is 53.6 Å². The number of thiophene rings is 1. The number of nitrogens with zero attached hydrogens (tertiary/aromatic N) is 2. The van der Waals surface area contributed by atoms with E-state index in [0.717, 1.165) is 23.3 Å². The number of anilines is 1. The fourth-order valence-corrected chi connectivity index (χ4v) is 2.49. The highest BCUT2D eigenvalue weighted by atomic mass is 32.1. The second-order valence-corrected chi connectivity index (χ2v) is 5.02. The lowest BCUT2D eigenvalue weighted by molar-refractivity contribution is 1.11. The summed E-state index contributed by atoms with van der Waals surface area (Å²) in [6, 6.07) is 4.16. The van der Waals surface area contributed by atoms with Crippen LogP contribution in [0.2, 0.25) is 0 Å². The third-order valence-electron chi connectivity index (χ3n) is 2.61. The maximum absolute atomic E-state index is 4.23. The van der Waals surface area contributed by atoms with Gasteiger partial charge in [-0.2, -0.15) is 5.10 Å². The van der Waals surface area contributed by atoms with Crippen molar-refractivity contribution in [2.45, 2.75) is 13.5 Å². The van der Waals surface area contributed by atoms with Crippen molar-refractivity contribution in [3.05, 3.63) is 40.3 Å². The molecule has 17 heavy (non-hydrogen) atoms. The summed E-state index contributed by atoms with van der Waals surface area (Å²) >= 11 is 1.77. The molecule has 2 N–H and O–H groups in total. The Balaban J connectivity index is 1.83. The third-order valence-corrected chi connectivity index (χ3v) is 3.52. The van der Waals surface area contributed by atoms with Crippen molar-refractivity contribution >= 4 is 28.1 Å². The minimum atomic E-state index is 0.822. The van der Waals surface area contributed by atoms with Gasteiger partial charge < -0.3 is 5.32 Å². The van der Waals surface area contributed by atoms with Crippen LogP contribution in [0.1, 0.15) is 10.4 Å². The van der Waals surface area contributed by atoms with Crippen molar-refractivity contribution in [3.8, 4) is 0 Å². The molecule has 0 aliphatic rings. The fourth-order valence-electron chi connectivity index (χ4n) is 1.79. The van der Waals surface area contributed by atoms with E-state index in [4.69, 9.17) is 0 Å². The first-order chi connectivity index (χ1) is 8.33. The van der Waals surface area contributed by atoms with Crippen molar-refractivity contribution in [2.75, 3.05) is 5.32 Å². The summed E-state index contributed by atoms with van der Waals surface area (Å²) in [6.45, 7) is 2.94. The molecule has 0 radical (unpaired) electrons. The van der Waals surface area contributed by atoms with Gasteiger partial charge in [-0.15, -0.1) is 11.3 Å². The number of rotatable bonds is 3.